The van der Waals surface area contributed by atoms with Crippen LogP contribution in [0.4, 0.5) is 5.69 Å². The van der Waals surface area contributed by atoms with Gasteiger partial charge in [0.2, 0.25) is 0 Å². The van der Waals surface area contributed by atoms with Gasteiger partial charge in [0, 0.05) is 5.69 Å². The molecule has 0 aliphatic heterocycles. The van der Waals surface area contributed by atoms with Gasteiger partial charge in [0.25, 0.3) is 5.91 Å². The second-order valence-corrected chi connectivity index (χ2v) is 8.15. The van der Waals surface area contributed by atoms with Crippen molar-refractivity contribution in [2.45, 2.75) is 44.4 Å². The summed E-state index contributed by atoms with van der Waals surface area (Å²) in [6.07, 6.45) is 3.80. The zero-order chi connectivity index (χ0) is 18.3. The minimum absolute atomic E-state index is 0.0312. The number of unbranched alkanes of at least 4 members (excludes halogenated alkanes) is 1. The van der Waals surface area contributed by atoms with E-state index in [0.29, 0.717) is 12.1 Å². The molecule has 4 nitrogen and oxygen atoms in total. The highest BCUT2D eigenvalue weighted by Gasteiger charge is 2.21. The van der Waals surface area contributed by atoms with E-state index in [-0.39, 0.29) is 16.2 Å². The predicted octanol–water partition coefficient (Wildman–Crippen LogP) is 4.47. The molecule has 0 bridgehead atoms. The molecule has 134 valence electrons. The summed E-state index contributed by atoms with van der Waals surface area (Å²) in [7, 11) is -3.46. The van der Waals surface area contributed by atoms with Crippen LogP contribution in [0.15, 0.2) is 53.4 Å². The third kappa shape index (κ3) is 5.16. The average molecular weight is 359 g/mol. The first-order valence-electron chi connectivity index (χ1n) is 8.70. The highest BCUT2D eigenvalue weighted by molar-refractivity contribution is 7.91. The van der Waals surface area contributed by atoms with Gasteiger partial charge in [0.1, 0.15) is 0 Å². The highest BCUT2D eigenvalue weighted by Crippen LogP contribution is 2.20. The molecule has 0 atom stereocenters. The fourth-order valence-electron chi connectivity index (χ4n) is 2.64. The zero-order valence-electron chi connectivity index (χ0n) is 14.8. The van der Waals surface area contributed by atoms with E-state index >= 15 is 0 Å². The number of aryl methyl sites for hydroxylation is 1. The van der Waals surface area contributed by atoms with E-state index in [4.69, 9.17) is 0 Å². The molecule has 0 unspecified atom stereocenters. The molecule has 0 radical (unpaired) electrons. The van der Waals surface area contributed by atoms with Crippen LogP contribution < -0.4 is 5.32 Å². The second kappa shape index (κ2) is 8.81. The van der Waals surface area contributed by atoms with Gasteiger partial charge >= 0.3 is 0 Å². The molecule has 0 spiro atoms. The van der Waals surface area contributed by atoms with Crippen molar-refractivity contribution in [3.63, 3.8) is 0 Å². The maximum absolute atomic E-state index is 12.6. The number of sulfone groups is 1. The van der Waals surface area contributed by atoms with Crippen LogP contribution in [0.25, 0.3) is 0 Å². The molecule has 25 heavy (non-hydrogen) atoms. The number of nitrogens with one attached hydrogen (secondary N) is 1. The van der Waals surface area contributed by atoms with Gasteiger partial charge in [-0.1, -0.05) is 44.5 Å². The molecule has 0 fully saturated rings. The zero-order valence-corrected chi connectivity index (χ0v) is 15.6. The van der Waals surface area contributed by atoms with Crippen molar-refractivity contribution in [2.24, 2.45) is 0 Å². The number of rotatable bonds is 8. The van der Waals surface area contributed by atoms with Gasteiger partial charge in [0.05, 0.1) is 16.2 Å². The van der Waals surface area contributed by atoms with Crippen LogP contribution in [0, 0.1) is 0 Å². The van der Waals surface area contributed by atoms with Gasteiger partial charge in [-0.05, 0) is 49.1 Å². The van der Waals surface area contributed by atoms with E-state index in [1.165, 1.54) is 11.6 Å². The van der Waals surface area contributed by atoms with Crippen LogP contribution in [0.2, 0.25) is 0 Å². The Balaban J connectivity index is 2.19. The van der Waals surface area contributed by atoms with Crippen LogP contribution >= 0.6 is 0 Å². The number of hydrogen-bond donors (Lipinski definition) is 1. The van der Waals surface area contributed by atoms with Crippen LogP contribution in [0.1, 0.15) is 49.0 Å². The molecule has 0 aliphatic carbocycles. The Morgan fingerprint density at radius 1 is 0.960 bits per heavy atom. The standard InChI is InChI=1S/C20H25NO3S/c1-3-5-8-16-11-13-17(14-12-16)21-20(22)18-9-6-7-10-19(18)25(23,24)15-4-2/h6-7,9-14H,3-5,8,15H2,1-2H3,(H,21,22). The Bertz CT molecular complexity index is 811. The first-order chi connectivity index (χ1) is 12.0. The molecule has 0 aromatic heterocycles. The molecule has 0 saturated carbocycles. The summed E-state index contributed by atoms with van der Waals surface area (Å²) in [5.41, 5.74) is 2.07. The molecule has 1 N–H and O–H groups in total. The largest absolute Gasteiger partial charge is 0.322 e. The second-order valence-electron chi connectivity index (χ2n) is 6.07. The Hall–Kier alpha value is -2.14. The summed E-state index contributed by atoms with van der Waals surface area (Å²) in [4.78, 5) is 12.7. The topological polar surface area (TPSA) is 63.2 Å². The summed E-state index contributed by atoms with van der Waals surface area (Å²) >= 11 is 0. The minimum atomic E-state index is -3.46. The third-order valence-electron chi connectivity index (χ3n) is 3.97. The predicted molar refractivity (Wildman–Crippen MR) is 102 cm³/mol. The van der Waals surface area contributed by atoms with E-state index in [1.807, 2.05) is 24.3 Å². The summed E-state index contributed by atoms with van der Waals surface area (Å²) in [6.45, 7) is 3.96. The first kappa shape index (κ1) is 19.2. The normalized spacial score (nSPS) is 11.3. The lowest BCUT2D eigenvalue weighted by Gasteiger charge is -2.11. The van der Waals surface area contributed by atoms with E-state index in [9.17, 15) is 13.2 Å². The van der Waals surface area contributed by atoms with Crippen LogP contribution in [-0.2, 0) is 16.3 Å². The molecule has 1 amide bonds. The van der Waals surface area contributed by atoms with E-state index in [2.05, 4.69) is 12.2 Å². The van der Waals surface area contributed by atoms with E-state index < -0.39 is 15.7 Å². The van der Waals surface area contributed by atoms with Gasteiger partial charge < -0.3 is 5.32 Å². The SMILES string of the molecule is CCCCc1ccc(NC(=O)c2ccccc2S(=O)(=O)CCC)cc1. The molecule has 2 aromatic carbocycles. The van der Waals surface area contributed by atoms with Gasteiger partial charge in [0.15, 0.2) is 9.84 Å². The van der Waals surface area contributed by atoms with Gasteiger partial charge in [-0.3, -0.25) is 4.79 Å². The molecule has 0 saturated heterocycles. The highest BCUT2D eigenvalue weighted by atomic mass is 32.2. The molecule has 5 heteroatoms. The van der Waals surface area contributed by atoms with Crippen LogP contribution in [-0.4, -0.2) is 20.1 Å². The maximum Gasteiger partial charge on any atom is 0.256 e. The fourth-order valence-corrected chi connectivity index (χ4v) is 4.18. The average Bonchev–Trinajstić information content (AvgIpc) is 2.61. The molecule has 2 aromatic rings. The number of anilines is 1. The number of hydrogen-bond acceptors (Lipinski definition) is 3. The Morgan fingerprint density at radius 2 is 1.64 bits per heavy atom. The maximum atomic E-state index is 12.6. The number of amides is 1. The summed E-state index contributed by atoms with van der Waals surface area (Å²) in [5.74, 6) is -0.375. The van der Waals surface area contributed by atoms with Crippen molar-refractivity contribution in [1.82, 2.24) is 0 Å². The smallest absolute Gasteiger partial charge is 0.256 e. The lowest BCUT2D eigenvalue weighted by atomic mass is 10.1. The van der Waals surface area contributed by atoms with Crippen molar-refractivity contribution < 1.29 is 13.2 Å². The van der Waals surface area contributed by atoms with Gasteiger partial charge in [-0.2, -0.15) is 0 Å². The first-order valence-corrected chi connectivity index (χ1v) is 10.3. The van der Waals surface area contributed by atoms with Crippen molar-refractivity contribution >= 4 is 21.4 Å². The van der Waals surface area contributed by atoms with Crippen LogP contribution in [0.3, 0.4) is 0 Å². The molecule has 0 heterocycles. The van der Waals surface area contributed by atoms with E-state index in [1.54, 1.807) is 25.1 Å². The number of carbonyl (C=O) groups excluding carboxylic acids is 1. The molecule has 2 rings (SSSR count). The van der Waals surface area contributed by atoms with Gasteiger partial charge in [-0.25, -0.2) is 8.42 Å². The monoisotopic (exact) mass is 359 g/mol. The lowest BCUT2D eigenvalue weighted by Crippen LogP contribution is -2.17. The number of carbonyl (C=O) groups is 1. The Kier molecular flexibility index (Phi) is 6.76. The molecular weight excluding hydrogens is 334 g/mol. The Labute approximate surface area is 150 Å². The number of benzene rings is 2. The molecule has 0 aliphatic rings. The Morgan fingerprint density at radius 3 is 2.28 bits per heavy atom. The fraction of sp³-hybridized carbons (Fsp3) is 0.350. The summed E-state index contributed by atoms with van der Waals surface area (Å²) in [5, 5.41) is 2.79. The van der Waals surface area contributed by atoms with Gasteiger partial charge in [-0.15, -0.1) is 0 Å². The lowest BCUT2D eigenvalue weighted by molar-refractivity contribution is 0.102. The quantitative estimate of drug-likeness (QED) is 0.756. The van der Waals surface area contributed by atoms with Crippen molar-refractivity contribution in [3.8, 4) is 0 Å². The molecular formula is C20H25NO3S. The van der Waals surface area contributed by atoms with Crippen molar-refractivity contribution in [3.05, 3.63) is 59.7 Å². The van der Waals surface area contributed by atoms with Crippen LogP contribution in [0.5, 0.6) is 0 Å². The summed E-state index contributed by atoms with van der Waals surface area (Å²) in [6, 6.07) is 14.0. The van der Waals surface area contributed by atoms with Crippen molar-refractivity contribution in [2.75, 3.05) is 11.1 Å². The minimum Gasteiger partial charge on any atom is -0.322 e. The van der Waals surface area contributed by atoms with Crippen molar-refractivity contribution in [1.29, 1.82) is 0 Å². The van der Waals surface area contributed by atoms with E-state index in [0.717, 1.165) is 19.3 Å². The third-order valence-corrected chi connectivity index (χ3v) is 5.94. The summed E-state index contributed by atoms with van der Waals surface area (Å²) < 4.78 is 24.7.